The van der Waals surface area contributed by atoms with Gasteiger partial charge in [-0.15, -0.1) is 0 Å². The normalized spacial score (nSPS) is 23.4. The number of carbonyl (C=O) groups excluding carboxylic acids is 1. The molecule has 1 unspecified atom stereocenters. The summed E-state index contributed by atoms with van der Waals surface area (Å²) in [6, 6.07) is 3.99. The van der Waals surface area contributed by atoms with Crippen molar-refractivity contribution in [3.8, 4) is 0 Å². The van der Waals surface area contributed by atoms with Crippen molar-refractivity contribution in [2.24, 2.45) is 0 Å². The molecule has 0 radical (unpaired) electrons. The number of likely N-dealkylation sites (N-methyl/N-ethyl adjacent to an activating group) is 1. The van der Waals surface area contributed by atoms with Gasteiger partial charge in [0.05, 0.1) is 11.4 Å². The van der Waals surface area contributed by atoms with Gasteiger partial charge in [0.1, 0.15) is 0 Å². The molecule has 0 saturated heterocycles. The molecule has 0 fully saturated rings. The molecule has 0 saturated carbocycles. The first-order valence-corrected chi connectivity index (χ1v) is 5.74. The van der Waals surface area contributed by atoms with Crippen LogP contribution in [0.4, 0.5) is 11.4 Å². The molecule has 17 heavy (non-hydrogen) atoms. The fourth-order valence-electron chi connectivity index (χ4n) is 2.43. The van der Waals surface area contributed by atoms with E-state index >= 15 is 0 Å². The Morgan fingerprint density at radius 3 is 3.12 bits per heavy atom. The van der Waals surface area contributed by atoms with Crippen molar-refractivity contribution >= 4 is 17.3 Å². The van der Waals surface area contributed by atoms with Crippen LogP contribution in [0.15, 0.2) is 12.1 Å². The Kier molecular flexibility index (Phi) is 2.31. The molecule has 2 aliphatic heterocycles. The molecule has 1 amide bonds. The molecule has 3 N–H and O–H groups in total. The van der Waals surface area contributed by atoms with Crippen LogP contribution in [-0.2, 0) is 17.8 Å². The highest BCUT2D eigenvalue weighted by Gasteiger charge is 2.27. The monoisotopic (exact) mass is 233 g/mol. The lowest BCUT2D eigenvalue weighted by molar-refractivity contribution is -0.122. The van der Waals surface area contributed by atoms with Crippen molar-refractivity contribution in [1.29, 1.82) is 0 Å². The number of fused-ring (bicyclic) bond motifs is 3. The maximum atomic E-state index is 11.5. The Morgan fingerprint density at radius 1 is 1.47 bits per heavy atom. The van der Waals surface area contributed by atoms with Crippen molar-refractivity contribution in [3.05, 3.63) is 23.3 Å². The van der Waals surface area contributed by atoms with Gasteiger partial charge in [0, 0.05) is 13.1 Å². The van der Waals surface area contributed by atoms with Gasteiger partial charge < -0.3 is 20.6 Å². The van der Waals surface area contributed by atoms with E-state index in [-0.39, 0.29) is 5.91 Å². The van der Waals surface area contributed by atoms with Crippen molar-refractivity contribution in [1.82, 2.24) is 4.90 Å². The molecule has 5 nitrogen and oxygen atoms in total. The van der Waals surface area contributed by atoms with Crippen LogP contribution >= 0.6 is 0 Å². The number of benzene rings is 1. The topological polar surface area (TPSA) is 64.6 Å². The number of hydrogen-bond donors (Lipinski definition) is 3. The number of hydrogen-bond acceptors (Lipinski definition) is 4. The Bertz CT molecular complexity index is 487. The van der Waals surface area contributed by atoms with Crippen molar-refractivity contribution in [2.75, 3.05) is 24.2 Å². The maximum absolute atomic E-state index is 11.5. The second-order valence-electron chi connectivity index (χ2n) is 4.65. The minimum absolute atomic E-state index is 0.390. The summed E-state index contributed by atoms with van der Waals surface area (Å²) in [5.74, 6) is -0.390. The zero-order valence-corrected chi connectivity index (χ0v) is 9.66. The minimum atomic E-state index is -1.15. The second kappa shape index (κ2) is 3.72. The average Bonchev–Trinajstić information content (AvgIpc) is 2.31. The van der Waals surface area contributed by atoms with Gasteiger partial charge in [-0.1, -0.05) is 6.07 Å². The molecular formula is C12H15N3O2. The van der Waals surface area contributed by atoms with Crippen molar-refractivity contribution in [3.63, 3.8) is 0 Å². The number of amides is 1. The number of aliphatic hydroxyl groups is 1. The number of nitrogens with one attached hydrogen (secondary N) is 2. The first-order chi connectivity index (χ1) is 8.15. The lowest BCUT2D eigenvalue weighted by atomic mass is 9.96. The van der Waals surface area contributed by atoms with Gasteiger partial charge in [0.2, 0.25) is 6.23 Å². The molecule has 90 valence electrons. The molecule has 3 rings (SSSR count). The Labute approximate surface area is 99.4 Å². The molecule has 0 spiro atoms. The van der Waals surface area contributed by atoms with Crippen LogP contribution in [0.3, 0.4) is 0 Å². The molecule has 1 aromatic carbocycles. The number of nitrogens with zero attached hydrogens (tertiary/aromatic N) is 1. The van der Waals surface area contributed by atoms with Crippen LogP contribution in [0.25, 0.3) is 0 Å². The molecule has 0 bridgehead atoms. The number of aliphatic hydroxyl groups excluding tert-OH is 1. The zero-order valence-electron chi connectivity index (χ0n) is 9.66. The number of anilines is 2. The van der Waals surface area contributed by atoms with E-state index in [1.165, 1.54) is 5.56 Å². The van der Waals surface area contributed by atoms with Gasteiger partial charge in [0.25, 0.3) is 5.91 Å². The van der Waals surface area contributed by atoms with E-state index in [1.54, 1.807) is 0 Å². The van der Waals surface area contributed by atoms with E-state index in [0.29, 0.717) is 0 Å². The fourth-order valence-corrected chi connectivity index (χ4v) is 2.43. The van der Waals surface area contributed by atoms with Gasteiger partial charge in [-0.25, -0.2) is 0 Å². The quantitative estimate of drug-likeness (QED) is 0.605. The minimum Gasteiger partial charge on any atom is -0.366 e. The zero-order chi connectivity index (χ0) is 12.0. The third-order valence-electron chi connectivity index (χ3n) is 3.39. The average molecular weight is 233 g/mol. The van der Waals surface area contributed by atoms with Crippen LogP contribution in [0.1, 0.15) is 11.1 Å². The van der Waals surface area contributed by atoms with E-state index in [2.05, 4.69) is 28.6 Å². The lowest BCUT2D eigenvalue weighted by Gasteiger charge is -2.31. The summed E-state index contributed by atoms with van der Waals surface area (Å²) >= 11 is 0. The standard InChI is InChI=1S/C12H15N3O2/c1-15-5-4-7-2-3-9-10(8(7)6-15)14-12(17)11(16)13-9/h2-3,11,13,16H,4-6H2,1H3,(H,14,17). The first kappa shape index (κ1) is 10.6. The van der Waals surface area contributed by atoms with Crippen LogP contribution < -0.4 is 10.6 Å². The smallest absolute Gasteiger partial charge is 0.274 e. The maximum Gasteiger partial charge on any atom is 0.274 e. The van der Waals surface area contributed by atoms with Gasteiger partial charge in [-0.3, -0.25) is 4.79 Å². The number of carbonyl (C=O) groups is 1. The van der Waals surface area contributed by atoms with Gasteiger partial charge >= 0.3 is 0 Å². The predicted octanol–water partition coefficient (Wildman–Crippen LogP) is 0.357. The van der Waals surface area contributed by atoms with E-state index in [1.807, 2.05) is 6.07 Å². The second-order valence-corrected chi connectivity index (χ2v) is 4.65. The molecular weight excluding hydrogens is 218 g/mol. The van der Waals surface area contributed by atoms with E-state index in [9.17, 15) is 9.90 Å². The Hall–Kier alpha value is -1.59. The molecule has 2 heterocycles. The Morgan fingerprint density at radius 2 is 2.29 bits per heavy atom. The third-order valence-corrected chi connectivity index (χ3v) is 3.39. The van der Waals surface area contributed by atoms with Gasteiger partial charge in [-0.2, -0.15) is 0 Å². The SMILES string of the molecule is CN1CCc2ccc3c(c2C1)NC(=O)C(O)N3. The highest BCUT2D eigenvalue weighted by Crippen LogP contribution is 2.35. The summed E-state index contributed by atoms with van der Waals surface area (Å²) in [4.78, 5) is 13.7. The predicted molar refractivity (Wildman–Crippen MR) is 64.7 cm³/mol. The van der Waals surface area contributed by atoms with E-state index in [4.69, 9.17) is 0 Å². The van der Waals surface area contributed by atoms with E-state index in [0.717, 1.165) is 36.4 Å². The summed E-state index contributed by atoms with van der Waals surface area (Å²) in [6.45, 7) is 1.87. The summed E-state index contributed by atoms with van der Waals surface area (Å²) in [5, 5.41) is 15.0. The highest BCUT2D eigenvalue weighted by molar-refractivity contribution is 6.03. The van der Waals surface area contributed by atoms with Crippen molar-refractivity contribution in [2.45, 2.75) is 19.2 Å². The highest BCUT2D eigenvalue weighted by atomic mass is 16.3. The van der Waals surface area contributed by atoms with Crippen LogP contribution in [0, 0.1) is 0 Å². The van der Waals surface area contributed by atoms with Gasteiger partial charge in [0.15, 0.2) is 0 Å². The Balaban J connectivity index is 2.08. The van der Waals surface area contributed by atoms with Crippen molar-refractivity contribution < 1.29 is 9.90 Å². The molecule has 1 aromatic rings. The molecule has 2 aliphatic rings. The molecule has 1 atom stereocenters. The number of rotatable bonds is 0. The summed E-state index contributed by atoms with van der Waals surface area (Å²) in [7, 11) is 2.06. The molecule has 5 heteroatoms. The van der Waals surface area contributed by atoms with E-state index < -0.39 is 6.23 Å². The lowest BCUT2D eigenvalue weighted by Crippen LogP contribution is -2.40. The molecule has 0 aliphatic carbocycles. The third kappa shape index (κ3) is 1.67. The van der Waals surface area contributed by atoms with Crippen LogP contribution in [0.2, 0.25) is 0 Å². The van der Waals surface area contributed by atoms with Crippen LogP contribution in [0.5, 0.6) is 0 Å². The van der Waals surface area contributed by atoms with Crippen LogP contribution in [-0.4, -0.2) is 35.7 Å². The van der Waals surface area contributed by atoms with Gasteiger partial charge in [-0.05, 0) is 30.7 Å². The fraction of sp³-hybridized carbons (Fsp3) is 0.417. The molecule has 0 aromatic heterocycles. The summed E-state index contributed by atoms with van der Waals surface area (Å²) in [6.07, 6.45) is -0.153. The summed E-state index contributed by atoms with van der Waals surface area (Å²) < 4.78 is 0. The largest absolute Gasteiger partial charge is 0.366 e. The summed E-state index contributed by atoms with van der Waals surface area (Å²) in [5.41, 5.74) is 4.06. The first-order valence-electron chi connectivity index (χ1n) is 5.74.